The topological polar surface area (TPSA) is 64.1 Å². The van der Waals surface area contributed by atoms with Crippen molar-refractivity contribution in [3.63, 3.8) is 0 Å². The van der Waals surface area contributed by atoms with E-state index in [4.69, 9.17) is 4.74 Å². The van der Waals surface area contributed by atoms with Gasteiger partial charge in [-0.15, -0.1) is 22.7 Å². The van der Waals surface area contributed by atoms with Crippen molar-refractivity contribution >= 4 is 28.6 Å². The van der Waals surface area contributed by atoms with E-state index in [1.165, 1.54) is 5.56 Å². The van der Waals surface area contributed by atoms with Crippen LogP contribution in [0.2, 0.25) is 0 Å². The van der Waals surface area contributed by atoms with Crippen LogP contribution in [0.25, 0.3) is 11.3 Å². The number of aryl methyl sites for hydroxylation is 1. The fourth-order valence-corrected chi connectivity index (χ4v) is 4.09. The molecule has 0 radical (unpaired) electrons. The van der Waals surface area contributed by atoms with Crippen molar-refractivity contribution in [3.8, 4) is 17.0 Å². The maximum atomic E-state index is 12.4. The van der Waals surface area contributed by atoms with Gasteiger partial charge in [-0.1, -0.05) is 24.3 Å². The summed E-state index contributed by atoms with van der Waals surface area (Å²) in [4.78, 5) is 21.1. The third-order valence-corrected chi connectivity index (χ3v) is 5.96. The van der Waals surface area contributed by atoms with Crippen LogP contribution in [0.4, 0.5) is 0 Å². The number of thiazole rings is 2. The molecule has 2 aromatic heterocycles. The minimum atomic E-state index is -0.0874. The molecule has 0 spiro atoms. The van der Waals surface area contributed by atoms with Crippen LogP contribution in [0.15, 0.2) is 64.8 Å². The molecule has 7 heteroatoms. The van der Waals surface area contributed by atoms with Crippen LogP contribution in [0.5, 0.6) is 5.75 Å². The van der Waals surface area contributed by atoms with Gasteiger partial charge in [0.1, 0.15) is 12.4 Å². The normalized spacial score (nSPS) is 10.7. The first-order valence-corrected chi connectivity index (χ1v) is 11.4. The van der Waals surface area contributed by atoms with Crippen LogP contribution >= 0.6 is 22.7 Å². The third-order valence-electron chi connectivity index (χ3n) is 4.55. The van der Waals surface area contributed by atoms with Gasteiger partial charge in [-0.2, -0.15) is 0 Å². The van der Waals surface area contributed by atoms with E-state index in [2.05, 4.69) is 44.9 Å². The van der Waals surface area contributed by atoms with Gasteiger partial charge >= 0.3 is 0 Å². The Morgan fingerprint density at radius 2 is 1.87 bits per heavy atom. The molecule has 0 atom stereocenters. The lowest BCUT2D eigenvalue weighted by Gasteiger charge is -2.08. The summed E-state index contributed by atoms with van der Waals surface area (Å²) in [5.74, 6) is 0.630. The lowest BCUT2D eigenvalue weighted by Crippen LogP contribution is -2.25. The molecule has 0 bridgehead atoms. The fraction of sp³-hybridized carbons (Fsp3) is 0.174. The zero-order valence-corrected chi connectivity index (χ0v) is 18.1. The third kappa shape index (κ3) is 5.31. The molecule has 4 rings (SSSR count). The summed E-state index contributed by atoms with van der Waals surface area (Å²) in [6, 6.07) is 15.5. The van der Waals surface area contributed by atoms with Crippen molar-refractivity contribution in [2.24, 2.45) is 0 Å². The second kappa shape index (κ2) is 9.65. The van der Waals surface area contributed by atoms with Crippen molar-refractivity contribution < 1.29 is 9.53 Å². The quantitative estimate of drug-likeness (QED) is 0.417. The molecule has 0 aliphatic carbocycles. The monoisotopic (exact) mass is 435 g/mol. The predicted molar refractivity (Wildman–Crippen MR) is 121 cm³/mol. The van der Waals surface area contributed by atoms with Crippen LogP contribution in [0.3, 0.4) is 0 Å². The van der Waals surface area contributed by atoms with E-state index >= 15 is 0 Å². The Hall–Kier alpha value is -3.03. The van der Waals surface area contributed by atoms with Gasteiger partial charge in [0.15, 0.2) is 0 Å². The summed E-state index contributed by atoms with van der Waals surface area (Å²) in [5.41, 5.74) is 6.60. The molecule has 2 aromatic carbocycles. The van der Waals surface area contributed by atoms with E-state index in [0.717, 1.165) is 34.1 Å². The summed E-state index contributed by atoms with van der Waals surface area (Å²) in [6.07, 6.45) is 0.775. The number of amides is 1. The maximum Gasteiger partial charge on any atom is 0.251 e. The number of ether oxygens (including phenoxy) is 1. The van der Waals surface area contributed by atoms with Gasteiger partial charge in [-0.05, 0) is 43.2 Å². The fourth-order valence-electron chi connectivity index (χ4n) is 2.93. The molecule has 0 aliphatic heterocycles. The average molecular weight is 436 g/mol. The van der Waals surface area contributed by atoms with Gasteiger partial charge in [0, 0.05) is 28.4 Å². The van der Waals surface area contributed by atoms with E-state index in [0.29, 0.717) is 18.7 Å². The van der Waals surface area contributed by atoms with Crippen molar-refractivity contribution in [2.45, 2.75) is 20.0 Å². The van der Waals surface area contributed by atoms with E-state index < -0.39 is 0 Å². The number of carbonyl (C=O) groups excluding carboxylic acids is 1. The number of hydrogen-bond donors (Lipinski definition) is 1. The van der Waals surface area contributed by atoms with Crippen LogP contribution < -0.4 is 10.1 Å². The van der Waals surface area contributed by atoms with Gasteiger partial charge in [-0.3, -0.25) is 4.79 Å². The molecule has 30 heavy (non-hydrogen) atoms. The van der Waals surface area contributed by atoms with Crippen LogP contribution in [-0.2, 0) is 13.0 Å². The number of aromatic nitrogens is 2. The predicted octanol–water partition coefficient (Wildman–Crippen LogP) is 5.13. The Bertz CT molecular complexity index is 1090. The summed E-state index contributed by atoms with van der Waals surface area (Å²) in [6.45, 7) is 3.01. The zero-order valence-electron chi connectivity index (χ0n) is 16.5. The van der Waals surface area contributed by atoms with E-state index in [9.17, 15) is 4.79 Å². The molecule has 1 amide bonds. The smallest absolute Gasteiger partial charge is 0.251 e. The Kier molecular flexibility index (Phi) is 6.51. The van der Waals surface area contributed by atoms with Crippen LogP contribution in [0, 0.1) is 6.92 Å². The second-order valence-electron chi connectivity index (χ2n) is 6.75. The summed E-state index contributed by atoms with van der Waals surface area (Å²) < 4.78 is 5.68. The molecule has 0 saturated heterocycles. The van der Waals surface area contributed by atoms with E-state index in [1.807, 2.05) is 12.3 Å². The highest BCUT2D eigenvalue weighted by molar-refractivity contribution is 7.09. The minimum absolute atomic E-state index is 0.0874. The van der Waals surface area contributed by atoms with Crippen molar-refractivity contribution in [1.29, 1.82) is 0 Å². The molecular formula is C23H21N3O2S2. The molecule has 0 fully saturated rings. The summed E-state index contributed by atoms with van der Waals surface area (Å²) >= 11 is 3.19. The number of rotatable bonds is 8. The van der Waals surface area contributed by atoms with E-state index in [-0.39, 0.29) is 5.91 Å². The minimum Gasteiger partial charge on any atom is -0.487 e. The van der Waals surface area contributed by atoms with Gasteiger partial charge < -0.3 is 10.1 Å². The van der Waals surface area contributed by atoms with Crippen LogP contribution in [-0.4, -0.2) is 22.4 Å². The number of nitrogens with zero attached hydrogens (tertiary/aromatic N) is 2. The Morgan fingerprint density at radius 1 is 1.07 bits per heavy atom. The molecular weight excluding hydrogens is 414 g/mol. The van der Waals surface area contributed by atoms with Crippen molar-refractivity contribution in [2.75, 3.05) is 6.54 Å². The van der Waals surface area contributed by atoms with E-state index in [1.54, 1.807) is 52.4 Å². The average Bonchev–Trinajstić information content (AvgIpc) is 3.45. The number of nitrogens with one attached hydrogen (secondary N) is 1. The Labute approximate surface area is 183 Å². The summed E-state index contributed by atoms with van der Waals surface area (Å²) in [7, 11) is 0. The Balaban J connectivity index is 1.24. The molecule has 0 unspecified atom stereocenters. The van der Waals surface area contributed by atoms with Crippen molar-refractivity contribution in [3.05, 3.63) is 86.6 Å². The number of benzene rings is 2. The molecule has 1 N–H and O–H groups in total. The Morgan fingerprint density at radius 3 is 2.53 bits per heavy atom. The van der Waals surface area contributed by atoms with Gasteiger partial charge in [0.25, 0.3) is 5.91 Å². The van der Waals surface area contributed by atoms with Crippen LogP contribution in [0.1, 0.15) is 26.6 Å². The standard InChI is InChI=1S/C23H21N3O2S2/c1-16-26-22(14-30-16)18-4-2-17(3-5-18)10-11-24-23(27)19-6-8-21(9-7-19)28-12-20-13-29-15-25-20/h2-9,13-15H,10-12H2,1H3,(H,24,27). The SMILES string of the molecule is Cc1nc(-c2ccc(CCNC(=O)c3ccc(OCc4cscn4)cc3)cc2)cs1. The highest BCUT2D eigenvalue weighted by atomic mass is 32.1. The molecule has 2 heterocycles. The number of hydrogen-bond acceptors (Lipinski definition) is 6. The first-order chi connectivity index (χ1) is 14.7. The lowest BCUT2D eigenvalue weighted by atomic mass is 10.1. The molecule has 4 aromatic rings. The van der Waals surface area contributed by atoms with Gasteiger partial charge in [0.05, 0.1) is 21.9 Å². The first-order valence-electron chi connectivity index (χ1n) is 9.57. The molecule has 0 aliphatic rings. The molecule has 0 saturated carbocycles. The maximum absolute atomic E-state index is 12.4. The second-order valence-corrected chi connectivity index (χ2v) is 8.53. The van der Waals surface area contributed by atoms with Crippen molar-refractivity contribution in [1.82, 2.24) is 15.3 Å². The molecule has 152 valence electrons. The highest BCUT2D eigenvalue weighted by Crippen LogP contribution is 2.22. The largest absolute Gasteiger partial charge is 0.487 e. The molecule has 5 nitrogen and oxygen atoms in total. The number of carbonyl (C=O) groups is 1. The van der Waals surface area contributed by atoms with Gasteiger partial charge in [0.2, 0.25) is 0 Å². The summed E-state index contributed by atoms with van der Waals surface area (Å²) in [5, 5.41) is 8.06. The zero-order chi connectivity index (χ0) is 20.8. The van der Waals surface area contributed by atoms with Gasteiger partial charge in [-0.25, -0.2) is 9.97 Å². The lowest BCUT2D eigenvalue weighted by molar-refractivity contribution is 0.0954. The highest BCUT2D eigenvalue weighted by Gasteiger charge is 2.07. The first kappa shape index (κ1) is 20.3.